The largest absolute Gasteiger partial charge is 0.396 e. The van der Waals surface area contributed by atoms with Gasteiger partial charge in [0.15, 0.2) is 0 Å². The van der Waals surface area contributed by atoms with Crippen LogP contribution >= 0.6 is 0 Å². The summed E-state index contributed by atoms with van der Waals surface area (Å²) in [6, 6.07) is 0. The van der Waals surface area contributed by atoms with Gasteiger partial charge in [0.2, 0.25) is 0 Å². The van der Waals surface area contributed by atoms with Crippen molar-refractivity contribution in [2.75, 3.05) is 13.2 Å². The second-order valence-corrected chi connectivity index (χ2v) is 3.94. The van der Waals surface area contributed by atoms with Crippen LogP contribution < -0.4 is 0 Å². The molecule has 0 spiro atoms. The molecule has 0 saturated heterocycles. The smallest absolute Gasteiger partial charge is 0.0511 e. The van der Waals surface area contributed by atoms with Gasteiger partial charge in [-0.3, -0.25) is 0 Å². The lowest BCUT2D eigenvalue weighted by Crippen LogP contribution is -2.35. The summed E-state index contributed by atoms with van der Waals surface area (Å²) in [6.45, 7) is 6.44. The summed E-state index contributed by atoms with van der Waals surface area (Å²) < 4.78 is 0. The van der Waals surface area contributed by atoms with Gasteiger partial charge in [-0.2, -0.15) is 0 Å². The summed E-state index contributed by atoms with van der Waals surface area (Å²) in [4.78, 5) is 0. The van der Waals surface area contributed by atoms with E-state index in [1.807, 2.05) is 0 Å². The van der Waals surface area contributed by atoms with Gasteiger partial charge in [0.1, 0.15) is 0 Å². The first-order valence-electron chi connectivity index (χ1n) is 4.84. The Bertz CT molecular complexity index is 106. The maximum absolute atomic E-state index is 9.21. The number of rotatable bonds is 6. The monoisotopic (exact) mass is 174 g/mol. The van der Waals surface area contributed by atoms with Crippen LogP contribution in [0.25, 0.3) is 0 Å². The Morgan fingerprint density at radius 1 is 1.17 bits per heavy atom. The number of unbranched alkanes of at least 4 members (excludes halogenated alkanes) is 1. The van der Waals surface area contributed by atoms with E-state index < -0.39 is 0 Å². The molecule has 0 amide bonds. The van der Waals surface area contributed by atoms with E-state index in [2.05, 4.69) is 20.8 Å². The van der Waals surface area contributed by atoms with Gasteiger partial charge >= 0.3 is 0 Å². The van der Waals surface area contributed by atoms with E-state index in [9.17, 15) is 10.2 Å². The van der Waals surface area contributed by atoms with Crippen LogP contribution in [0.5, 0.6) is 0 Å². The molecule has 0 heterocycles. The minimum atomic E-state index is -0.254. The van der Waals surface area contributed by atoms with Gasteiger partial charge in [0, 0.05) is 5.41 Å². The Morgan fingerprint density at radius 3 is 1.92 bits per heavy atom. The Morgan fingerprint density at radius 2 is 1.67 bits per heavy atom. The summed E-state index contributed by atoms with van der Waals surface area (Å²) in [5, 5.41) is 18.4. The molecular formula is C10H22O2. The van der Waals surface area contributed by atoms with Crippen LogP contribution in [0.2, 0.25) is 0 Å². The lowest BCUT2D eigenvalue weighted by Gasteiger charge is -2.33. The van der Waals surface area contributed by atoms with Crippen molar-refractivity contribution in [1.29, 1.82) is 0 Å². The SMILES string of the molecule is CCCCC(CO)(CO)C(C)C. The van der Waals surface area contributed by atoms with Crippen LogP contribution in [-0.2, 0) is 0 Å². The van der Waals surface area contributed by atoms with Gasteiger partial charge < -0.3 is 10.2 Å². The zero-order valence-corrected chi connectivity index (χ0v) is 8.51. The van der Waals surface area contributed by atoms with Crippen LogP contribution in [0.4, 0.5) is 0 Å². The average Bonchev–Trinajstić information content (AvgIpc) is 2.07. The fraction of sp³-hybridized carbons (Fsp3) is 1.00. The molecule has 2 heteroatoms. The van der Waals surface area contributed by atoms with E-state index in [4.69, 9.17) is 0 Å². The Hall–Kier alpha value is -0.0800. The molecule has 0 bridgehead atoms. The van der Waals surface area contributed by atoms with E-state index in [0.717, 1.165) is 19.3 Å². The Labute approximate surface area is 75.6 Å². The highest BCUT2D eigenvalue weighted by molar-refractivity contribution is 4.80. The lowest BCUT2D eigenvalue weighted by atomic mass is 9.75. The van der Waals surface area contributed by atoms with Crippen LogP contribution in [-0.4, -0.2) is 23.4 Å². The first-order chi connectivity index (χ1) is 5.63. The normalized spacial score (nSPS) is 12.5. The highest BCUT2D eigenvalue weighted by Crippen LogP contribution is 2.32. The minimum absolute atomic E-state index is 0.0984. The second kappa shape index (κ2) is 5.55. The maximum atomic E-state index is 9.21. The van der Waals surface area contributed by atoms with Gasteiger partial charge in [-0.15, -0.1) is 0 Å². The van der Waals surface area contributed by atoms with Gasteiger partial charge in [-0.1, -0.05) is 33.6 Å². The molecule has 0 saturated carbocycles. The number of hydrogen-bond acceptors (Lipinski definition) is 2. The lowest BCUT2D eigenvalue weighted by molar-refractivity contribution is 0.00725. The van der Waals surface area contributed by atoms with Crippen LogP contribution in [0.15, 0.2) is 0 Å². The topological polar surface area (TPSA) is 40.5 Å². The van der Waals surface area contributed by atoms with Gasteiger partial charge in [-0.25, -0.2) is 0 Å². The molecule has 0 aromatic rings. The van der Waals surface area contributed by atoms with Gasteiger partial charge in [-0.05, 0) is 12.3 Å². The molecule has 0 rings (SSSR count). The molecule has 0 aromatic heterocycles. The molecule has 0 fully saturated rings. The van der Waals surface area contributed by atoms with E-state index in [1.165, 1.54) is 0 Å². The first kappa shape index (κ1) is 11.9. The third-order valence-electron chi connectivity index (χ3n) is 2.88. The minimum Gasteiger partial charge on any atom is -0.396 e. The molecule has 0 unspecified atom stereocenters. The zero-order valence-electron chi connectivity index (χ0n) is 8.51. The molecular weight excluding hydrogens is 152 g/mol. The van der Waals surface area contributed by atoms with Crippen molar-refractivity contribution >= 4 is 0 Å². The molecule has 0 atom stereocenters. The third-order valence-corrected chi connectivity index (χ3v) is 2.88. The molecule has 0 aliphatic heterocycles. The highest BCUT2D eigenvalue weighted by atomic mass is 16.3. The molecule has 0 aliphatic carbocycles. The average molecular weight is 174 g/mol. The van der Waals surface area contributed by atoms with E-state index >= 15 is 0 Å². The standard InChI is InChI=1S/C10H22O2/c1-4-5-6-10(7-11,8-12)9(2)3/h9,11-12H,4-8H2,1-3H3. The third kappa shape index (κ3) is 2.76. The summed E-state index contributed by atoms with van der Waals surface area (Å²) >= 11 is 0. The number of hydrogen-bond donors (Lipinski definition) is 2. The molecule has 74 valence electrons. The van der Waals surface area contributed by atoms with Crippen molar-refractivity contribution in [2.45, 2.75) is 40.0 Å². The predicted octanol–water partition coefficient (Wildman–Crippen LogP) is 1.80. The van der Waals surface area contributed by atoms with Gasteiger partial charge in [0.25, 0.3) is 0 Å². The fourth-order valence-corrected chi connectivity index (χ4v) is 1.39. The maximum Gasteiger partial charge on any atom is 0.0511 e. The molecule has 2 N–H and O–H groups in total. The first-order valence-corrected chi connectivity index (χ1v) is 4.84. The van der Waals surface area contributed by atoms with E-state index in [-0.39, 0.29) is 18.6 Å². The van der Waals surface area contributed by atoms with Crippen LogP contribution in [0.3, 0.4) is 0 Å². The molecule has 0 aromatic carbocycles. The van der Waals surface area contributed by atoms with Crippen molar-refractivity contribution in [3.63, 3.8) is 0 Å². The van der Waals surface area contributed by atoms with Crippen molar-refractivity contribution in [2.24, 2.45) is 11.3 Å². The summed E-state index contributed by atoms with van der Waals surface area (Å²) in [5.41, 5.74) is -0.254. The zero-order chi connectivity index (χ0) is 9.61. The van der Waals surface area contributed by atoms with E-state index in [1.54, 1.807) is 0 Å². The highest BCUT2D eigenvalue weighted by Gasteiger charge is 2.31. The second-order valence-electron chi connectivity index (χ2n) is 3.94. The molecule has 0 radical (unpaired) electrons. The molecule has 0 aliphatic rings. The van der Waals surface area contributed by atoms with E-state index in [0.29, 0.717) is 5.92 Å². The van der Waals surface area contributed by atoms with Crippen molar-refractivity contribution in [3.05, 3.63) is 0 Å². The summed E-state index contributed by atoms with van der Waals surface area (Å²) in [6.07, 6.45) is 3.13. The van der Waals surface area contributed by atoms with Crippen molar-refractivity contribution in [1.82, 2.24) is 0 Å². The van der Waals surface area contributed by atoms with Crippen molar-refractivity contribution < 1.29 is 10.2 Å². The fourth-order valence-electron chi connectivity index (χ4n) is 1.39. The summed E-state index contributed by atoms with van der Waals surface area (Å²) in [5.74, 6) is 0.346. The number of aliphatic hydroxyl groups is 2. The quantitative estimate of drug-likeness (QED) is 0.644. The van der Waals surface area contributed by atoms with Gasteiger partial charge in [0.05, 0.1) is 13.2 Å². The van der Waals surface area contributed by atoms with Crippen LogP contribution in [0, 0.1) is 11.3 Å². The van der Waals surface area contributed by atoms with Crippen LogP contribution in [0.1, 0.15) is 40.0 Å². The molecule has 2 nitrogen and oxygen atoms in total. The van der Waals surface area contributed by atoms with Crippen molar-refractivity contribution in [3.8, 4) is 0 Å². The molecule has 12 heavy (non-hydrogen) atoms. The Kier molecular flexibility index (Phi) is 5.51. The summed E-state index contributed by atoms with van der Waals surface area (Å²) in [7, 11) is 0. The Balaban J connectivity index is 4.15. The number of aliphatic hydroxyl groups excluding tert-OH is 2. The predicted molar refractivity (Wildman–Crippen MR) is 51.0 cm³/mol.